The summed E-state index contributed by atoms with van der Waals surface area (Å²) in [4.78, 5) is 14.4. The molecular formula is C15H21N3O. The number of hydrogen-bond acceptors (Lipinski definition) is 3. The van der Waals surface area contributed by atoms with E-state index in [1.165, 1.54) is 5.56 Å². The zero-order valence-electron chi connectivity index (χ0n) is 11.1. The summed E-state index contributed by atoms with van der Waals surface area (Å²) < 4.78 is 0. The number of likely N-dealkylation sites (tertiary alicyclic amines) is 1. The summed E-state index contributed by atoms with van der Waals surface area (Å²) in [6, 6.07) is 10.5. The average Bonchev–Trinajstić information content (AvgIpc) is 2.98. The van der Waals surface area contributed by atoms with Crippen LogP contribution in [0.2, 0.25) is 0 Å². The topological polar surface area (TPSA) is 44.4 Å². The molecule has 2 aliphatic rings. The number of amides is 1. The van der Waals surface area contributed by atoms with Gasteiger partial charge >= 0.3 is 0 Å². The smallest absolute Gasteiger partial charge is 0.241 e. The van der Waals surface area contributed by atoms with E-state index in [1.807, 2.05) is 11.0 Å². The van der Waals surface area contributed by atoms with Crippen LogP contribution in [0.25, 0.3) is 0 Å². The number of nitrogens with zero attached hydrogens (tertiary/aromatic N) is 1. The first kappa shape index (κ1) is 12.6. The van der Waals surface area contributed by atoms with Gasteiger partial charge in [0, 0.05) is 38.6 Å². The molecule has 0 spiro atoms. The molecule has 0 bridgehead atoms. The zero-order valence-corrected chi connectivity index (χ0v) is 11.1. The first-order chi connectivity index (χ1) is 9.34. The monoisotopic (exact) mass is 259 g/mol. The summed E-state index contributed by atoms with van der Waals surface area (Å²) in [6.45, 7) is 4.34. The van der Waals surface area contributed by atoms with Crippen molar-refractivity contribution in [1.29, 1.82) is 0 Å². The summed E-state index contributed by atoms with van der Waals surface area (Å²) in [6.07, 6.45) is 1.08. The van der Waals surface area contributed by atoms with Crippen LogP contribution in [0, 0.1) is 0 Å². The Kier molecular flexibility index (Phi) is 3.80. The van der Waals surface area contributed by atoms with E-state index in [9.17, 15) is 4.79 Å². The zero-order chi connectivity index (χ0) is 13.1. The summed E-state index contributed by atoms with van der Waals surface area (Å²) in [7, 11) is 0. The molecule has 0 saturated carbocycles. The molecule has 2 fully saturated rings. The fraction of sp³-hybridized carbons (Fsp3) is 0.533. The van der Waals surface area contributed by atoms with E-state index in [2.05, 4.69) is 34.9 Å². The Morgan fingerprint density at radius 2 is 2.05 bits per heavy atom. The van der Waals surface area contributed by atoms with Gasteiger partial charge in [0.05, 0.1) is 6.04 Å². The highest BCUT2D eigenvalue weighted by Crippen LogP contribution is 2.27. The van der Waals surface area contributed by atoms with E-state index < -0.39 is 0 Å². The Morgan fingerprint density at radius 1 is 1.21 bits per heavy atom. The van der Waals surface area contributed by atoms with E-state index in [-0.39, 0.29) is 11.9 Å². The van der Waals surface area contributed by atoms with Crippen molar-refractivity contribution in [3.05, 3.63) is 35.9 Å². The molecule has 0 radical (unpaired) electrons. The largest absolute Gasteiger partial charge is 0.341 e. The minimum Gasteiger partial charge on any atom is -0.341 e. The first-order valence-corrected chi connectivity index (χ1v) is 7.12. The van der Waals surface area contributed by atoms with Crippen LogP contribution in [0.4, 0.5) is 0 Å². The fourth-order valence-corrected chi connectivity index (χ4v) is 3.01. The Labute approximate surface area is 114 Å². The van der Waals surface area contributed by atoms with E-state index in [4.69, 9.17) is 0 Å². The molecule has 1 aromatic carbocycles. The lowest BCUT2D eigenvalue weighted by Gasteiger charge is -2.28. The van der Waals surface area contributed by atoms with Gasteiger partial charge in [0.15, 0.2) is 0 Å². The van der Waals surface area contributed by atoms with Gasteiger partial charge in [-0.1, -0.05) is 30.3 Å². The maximum absolute atomic E-state index is 12.4. The van der Waals surface area contributed by atoms with Gasteiger partial charge in [-0.3, -0.25) is 4.79 Å². The summed E-state index contributed by atoms with van der Waals surface area (Å²) in [5.41, 5.74) is 1.35. The van der Waals surface area contributed by atoms with Gasteiger partial charge in [0.1, 0.15) is 0 Å². The molecule has 2 heterocycles. The van der Waals surface area contributed by atoms with Crippen molar-refractivity contribution < 1.29 is 4.79 Å². The third kappa shape index (κ3) is 2.80. The average molecular weight is 259 g/mol. The molecule has 2 aliphatic heterocycles. The van der Waals surface area contributed by atoms with Gasteiger partial charge in [0.25, 0.3) is 0 Å². The van der Waals surface area contributed by atoms with Crippen molar-refractivity contribution >= 4 is 5.91 Å². The number of rotatable bonds is 2. The minimum absolute atomic E-state index is 0.0386. The van der Waals surface area contributed by atoms with Gasteiger partial charge < -0.3 is 15.5 Å². The Morgan fingerprint density at radius 3 is 2.79 bits per heavy atom. The highest BCUT2D eigenvalue weighted by molar-refractivity contribution is 5.82. The summed E-state index contributed by atoms with van der Waals surface area (Å²) >= 11 is 0. The standard InChI is InChI=1S/C15H21N3O/c19-15(14-10-16-7-8-17-14)18-9-6-13(11-18)12-4-2-1-3-5-12/h1-5,13-14,16-17H,6-11H2. The normalized spacial score (nSPS) is 27.5. The second kappa shape index (κ2) is 5.72. The molecule has 2 saturated heterocycles. The number of piperazine rings is 1. The van der Waals surface area contributed by atoms with E-state index >= 15 is 0 Å². The highest BCUT2D eigenvalue weighted by atomic mass is 16.2. The van der Waals surface area contributed by atoms with Gasteiger partial charge in [-0.05, 0) is 12.0 Å². The molecule has 102 valence electrons. The van der Waals surface area contributed by atoms with Crippen molar-refractivity contribution in [3.8, 4) is 0 Å². The number of nitrogens with one attached hydrogen (secondary N) is 2. The number of hydrogen-bond donors (Lipinski definition) is 2. The third-order valence-corrected chi connectivity index (χ3v) is 4.11. The van der Waals surface area contributed by atoms with Gasteiger partial charge in [-0.25, -0.2) is 0 Å². The molecule has 1 aromatic rings. The minimum atomic E-state index is -0.0386. The van der Waals surface area contributed by atoms with E-state index in [1.54, 1.807) is 0 Å². The van der Waals surface area contributed by atoms with Crippen LogP contribution in [0.5, 0.6) is 0 Å². The maximum Gasteiger partial charge on any atom is 0.241 e. The van der Waals surface area contributed by atoms with Gasteiger partial charge in [-0.15, -0.1) is 0 Å². The van der Waals surface area contributed by atoms with Crippen LogP contribution >= 0.6 is 0 Å². The molecule has 0 aliphatic carbocycles. The van der Waals surface area contributed by atoms with Crippen LogP contribution in [0.1, 0.15) is 17.9 Å². The summed E-state index contributed by atoms with van der Waals surface area (Å²) in [5, 5.41) is 6.57. The quantitative estimate of drug-likeness (QED) is 0.816. The Balaban J connectivity index is 1.61. The molecule has 2 N–H and O–H groups in total. The molecule has 0 aromatic heterocycles. The Bertz CT molecular complexity index is 428. The van der Waals surface area contributed by atoms with Crippen molar-refractivity contribution in [1.82, 2.24) is 15.5 Å². The van der Waals surface area contributed by atoms with E-state index in [0.717, 1.165) is 39.1 Å². The van der Waals surface area contributed by atoms with Crippen LogP contribution in [-0.2, 0) is 4.79 Å². The summed E-state index contributed by atoms with van der Waals surface area (Å²) in [5.74, 6) is 0.757. The SMILES string of the molecule is O=C(C1CNCCN1)N1CCC(c2ccccc2)C1. The van der Waals surface area contributed by atoms with Crippen LogP contribution < -0.4 is 10.6 Å². The van der Waals surface area contributed by atoms with Crippen LogP contribution in [-0.4, -0.2) is 49.6 Å². The lowest BCUT2D eigenvalue weighted by molar-refractivity contribution is -0.132. The molecule has 19 heavy (non-hydrogen) atoms. The first-order valence-electron chi connectivity index (χ1n) is 7.12. The van der Waals surface area contributed by atoms with Gasteiger partial charge in [-0.2, -0.15) is 0 Å². The highest BCUT2D eigenvalue weighted by Gasteiger charge is 2.31. The molecule has 4 heteroatoms. The molecular weight excluding hydrogens is 238 g/mol. The Hall–Kier alpha value is -1.39. The predicted molar refractivity (Wildman–Crippen MR) is 75.0 cm³/mol. The van der Waals surface area contributed by atoms with Crippen LogP contribution in [0.15, 0.2) is 30.3 Å². The van der Waals surface area contributed by atoms with Crippen molar-refractivity contribution in [2.45, 2.75) is 18.4 Å². The third-order valence-electron chi connectivity index (χ3n) is 4.11. The molecule has 2 unspecified atom stereocenters. The maximum atomic E-state index is 12.4. The molecule has 1 amide bonds. The van der Waals surface area contributed by atoms with Crippen molar-refractivity contribution in [3.63, 3.8) is 0 Å². The van der Waals surface area contributed by atoms with E-state index in [0.29, 0.717) is 5.92 Å². The second-order valence-electron chi connectivity index (χ2n) is 5.39. The van der Waals surface area contributed by atoms with Gasteiger partial charge in [0.2, 0.25) is 5.91 Å². The predicted octanol–water partition coefficient (Wildman–Crippen LogP) is 0.564. The fourth-order valence-electron chi connectivity index (χ4n) is 3.01. The van der Waals surface area contributed by atoms with Crippen molar-refractivity contribution in [2.75, 3.05) is 32.7 Å². The molecule has 4 nitrogen and oxygen atoms in total. The van der Waals surface area contributed by atoms with Crippen LogP contribution in [0.3, 0.4) is 0 Å². The molecule has 2 atom stereocenters. The van der Waals surface area contributed by atoms with Crippen molar-refractivity contribution in [2.24, 2.45) is 0 Å². The lowest BCUT2D eigenvalue weighted by atomic mass is 9.99. The molecule has 3 rings (SSSR count). The number of carbonyl (C=O) groups excluding carboxylic acids is 1. The number of carbonyl (C=O) groups is 1. The lowest BCUT2D eigenvalue weighted by Crippen LogP contribution is -2.56. The number of benzene rings is 1. The second-order valence-corrected chi connectivity index (χ2v) is 5.39.